The van der Waals surface area contributed by atoms with Gasteiger partial charge in [0.25, 0.3) is 5.91 Å². The third-order valence-electron chi connectivity index (χ3n) is 2.39. The summed E-state index contributed by atoms with van der Waals surface area (Å²) in [6.07, 6.45) is 2.04. The highest BCUT2D eigenvalue weighted by molar-refractivity contribution is 7.89. The number of primary sulfonamides is 1. The molecule has 1 heterocycles. The maximum absolute atomic E-state index is 11.7. The Hall–Kier alpha value is -1.34. The Bertz CT molecular complexity index is 526. The van der Waals surface area contributed by atoms with Crippen molar-refractivity contribution in [1.82, 2.24) is 10.3 Å². The molecule has 18 heavy (non-hydrogen) atoms. The topological polar surface area (TPSA) is 105 Å². The van der Waals surface area contributed by atoms with Gasteiger partial charge in [-0.15, -0.1) is 0 Å². The van der Waals surface area contributed by atoms with Gasteiger partial charge in [0, 0.05) is 12.7 Å². The molecule has 0 spiro atoms. The van der Waals surface area contributed by atoms with Gasteiger partial charge in [0.1, 0.15) is 5.69 Å². The zero-order chi connectivity index (χ0) is 14.0. The van der Waals surface area contributed by atoms with Crippen LogP contribution in [-0.2, 0) is 10.0 Å². The zero-order valence-electron chi connectivity index (χ0n) is 10.8. The quantitative estimate of drug-likeness (QED) is 0.756. The first-order valence-electron chi connectivity index (χ1n) is 5.59. The van der Waals surface area contributed by atoms with E-state index in [4.69, 9.17) is 5.14 Å². The first kappa shape index (κ1) is 14.7. The zero-order valence-corrected chi connectivity index (χ0v) is 11.6. The number of nitrogens with two attached hydrogens (primary N) is 1. The number of nitrogens with one attached hydrogen (secondary N) is 2. The normalized spacial score (nSPS) is 12.4. The predicted molar refractivity (Wildman–Crippen MR) is 68.6 cm³/mol. The molecular formula is C11H19N3O3S. The van der Waals surface area contributed by atoms with Crippen LogP contribution >= 0.6 is 0 Å². The molecule has 0 bridgehead atoms. The summed E-state index contributed by atoms with van der Waals surface area (Å²) in [6, 6.07) is 1.22. The van der Waals surface area contributed by atoms with Crippen LogP contribution in [0.3, 0.4) is 0 Å². The largest absolute Gasteiger partial charge is 0.356 e. The standard InChI is InChI=1S/C11H19N3O3S/c1-11(2,3)4-5-13-10(15)9-6-8(7-14-9)18(12,16)17/h6-7,14H,4-5H2,1-3H3,(H,13,15)(H2,12,16,17). The number of amides is 1. The molecule has 1 amide bonds. The van der Waals surface area contributed by atoms with Crippen LogP contribution in [0.15, 0.2) is 17.2 Å². The Morgan fingerprint density at radius 2 is 2.06 bits per heavy atom. The Morgan fingerprint density at radius 1 is 1.44 bits per heavy atom. The average Bonchev–Trinajstić information content (AvgIpc) is 2.62. The van der Waals surface area contributed by atoms with Crippen LogP contribution in [0.25, 0.3) is 0 Å². The van der Waals surface area contributed by atoms with Crippen LogP contribution in [0.1, 0.15) is 37.7 Å². The second-order valence-electron chi connectivity index (χ2n) is 5.36. The molecule has 0 aliphatic carbocycles. The number of hydrogen-bond donors (Lipinski definition) is 3. The number of hydrogen-bond acceptors (Lipinski definition) is 3. The molecule has 102 valence electrons. The number of rotatable bonds is 4. The molecule has 6 nitrogen and oxygen atoms in total. The van der Waals surface area contributed by atoms with Crippen LogP contribution in [0, 0.1) is 5.41 Å². The van der Waals surface area contributed by atoms with Gasteiger partial charge in [0.15, 0.2) is 0 Å². The van der Waals surface area contributed by atoms with Gasteiger partial charge >= 0.3 is 0 Å². The Morgan fingerprint density at radius 3 is 2.50 bits per heavy atom. The molecule has 0 aliphatic rings. The second kappa shape index (κ2) is 5.11. The van der Waals surface area contributed by atoms with Crippen molar-refractivity contribution in [2.24, 2.45) is 10.6 Å². The van der Waals surface area contributed by atoms with Crippen molar-refractivity contribution in [2.75, 3.05) is 6.54 Å². The fraction of sp³-hybridized carbons (Fsp3) is 0.545. The third-order valence-corrected chi connectivity index (χ3v) is 3.28. The summed E-state index contributed by atoms with van der Waals surface area (Å²) in [4.78, 5) is 14.2. The van der Waals surface area contributed by atoms with Gasteiger partial charge in [-0.1, -0.05) is 20.8 Å². The summed E-state index contributed by atoms with van der Waals surface area (Å²) in [7, 11) is -3.77. The molecule has 0 saturated heterocycles. The van der Waals surface area contributed by atoms with Crippen LogP contribution in [-0.4, -0.2) is 25.9 Å². The van der Waals surface area contributed by atoms with Crippen molar-refractivity contribution in [3.8, 4) is 0 Å². The molecule has 0 aromatic carbocycles. The van der Waals surface area contributed by atoms with E-state index in [1.54, 1.807) is 0 Å². The summed E-state index contributed by atoms with van der Waals surface area (Å²) < 4.78 is 22.1. The molecule has 1 rings (SSSR count). The maximum atomic E-state index is 11.7. The summed E-state index contributed by atoms with van der Waals surface area (Å²) in [5.41, 5.74) is 0.322. The van der Waals surface area contributed by atoms with E-state index in [9.17, 15) is 13.2 Å². The van der Waals surface area contributed by atoms with E-state index in [0.717, 1.165) is 6.42 Å². The van der Waals surface area contributed by atoms with Crippen molar-refractivity contribution >= 4 is 15.9 Å². The second-order valence-corrected chi connectivity index (χ2v) is 6.92. The summed E-state index contributed by atoms with van der Waals surface area (Å²) in [6.45, 7) is 6.76. The van der Waals surface area contributed by atoms with Gasteiger partial charge in [0.05, 0.1) is 4.90 Å². The fourth-order valence-electron chi connectivity index (χ4n) is 1.32. The van der Waals surface area contributed by atoms with E-state index in [1.165, 1.54) is 12.3 Å². The highest BCUT2D eigenvalue weighted by Crippen LogP contribution is 2.17. The molecule has 0 fully saturated rings. The minimum Gasteiger partial charge on any atom is -0.356 e. The van der Waals surface area contributed by atoms with E-state index in [0.29, 0.717) is 6.54 Å². The lowest BCUT2D eigenvalue weighted by atomic mass is 9.92. The third kappa shape index (κ3) is 4.50. The van der Waals surface area contributed by atoms with Crippen LogP contribution in [0.5, 0.6) is 0 Å². The monoisotopic (exact) mass is 273 g/mol. The fourth-order valence-corrected chi connectivity index (χ4v) is 1.82. The van der Waals surface area contributed by atoms with Gasteiger partial charge in [-0.05, 0) is 17.9 Å². The molecule has 0 saturated carbocycles. The first-order chi connectivity index (χ1) is 8.09. The van der Waals surface area contributed by atoms with Gasteiger partial charge in [0.2, 0.25) is 10.0 Å². The van der Waals surface area contributed by atoms with E-state index in [1.807, 2.05) is 0 Å². The number of aromatic nitrogens is 1. The van der Waals surface area contributed by atoms with E-state index in [2.05, 4.69) is 31.1 Å². The average molecular weight is 273 g/mol. The molecular weight excluding hydrogens is 254 g/mol. The summed E-state index contributed by atoms with van der Waals surface area (Å²) in [5, 5.41) is 7.66. The Kier molecular flexibility index (Phi) is 4.18. The smallest absolute Gasteiger partial charge is 0.267 e. The number of carbonyl (C=O) groups is 1. The number of sulfonamides is 1. The molecule has 0 aliphatic heterocycles. The van der Waals surface area contributed by atoms with Gasteiger partial charge in [-0.25, -0.2) is 13.6 Å². The van der Waals surface area contributed by atoms with Gasteiger partial charge < -0.3 is 10.3 Å². The predicted octanol–water partition coefficient (Wildman–Crippen LogP) is 0.828. The maximum Gasteiger partial charge on any atom is 0.267 e. The van der Waals surface area contributed by atoms with Crippen molar-refractivity contribution in [1.29, 1.82) is 0 Å². The van der Waals surface area contributed by atoms with Gasteiger partial charge in [-0.2, -0.15) is 0 Å². The number of carbonyl (C=O) groups excluding carboxylic acids is 1. The Labute approximate surface area is 107 Å². The van der Waals surface area contributed by atoms with E-state index in [-0.39, 0.29) is 21.9 Å². The van der Waals surface area contributed by atoms with Crippen molar-refractivity contribution in [3.05, 3.63) is 18.0 Å². The minimum absolute atomic E-state index is 0.0940. The highest BCUT2D eigenvalue weighted by Gasteiger charge is 2.15. The van der Waals surface area contributed by atoms with Crippen molar-refractivity contribution in [3.63, 3.8) is 0 Å². The molecule has 1 aromatic rings. The lowest BCUT2D eigenvalue weighted by molar-refractivity contribution is 0.0945. The van der Waals surface area contributed by atoms with Crippen LogP contribution < -0.4 is 10.5 Å². The molecule has 4 N–H and O–H groups in total. The van der Waals surface area contributed by atoms with Crippen molar-refractivity contribution in [2.45, 2.75) is 32.1 Å². The van der Waals surface area contributed by atoms with E-state index < -0.39 is 10.0 Å². The number of aromatic amines is 1. The summed E-state index contributed by atoms with van der Waals surface area (Å²) in [5.74, 6) is -0.339. The SMILES string of the molecule is CC(C)(C)CCNC(=O)c1cc(S(N)(=O)=O)c[nH]1. The minimum atomic E-state index is -3.77. The molecule has 0 atom stereocenters. The highest BCUT2D eigenvalue weighted by atomic mass is 32.2. The van der Waals surface area contributed by atoms with Crippen LogP contribution in [0.2, 0.25) is 0 Å². The summed E-state index contributed by atoms with van der Waals surface area (Å²) >= 11 is 0. The lowest BCUT2D eigenvalue weighted by Crippen LogP contribution is -2.27. The lowest BCUT2D eigenvalue weighted by Gasteiger charge is -2.17. The van der Waals surface area contributed by atoms with Crippen molar-refractivity contribution < 1.29 is 13.2 Å². The Balaban J connectivity index is 2.61. The molecule has 1 aromatic heterocycles. The number of H-pyrrole nitrogens is 1. The van der Waals surface area contributed by atoms with E-state index >= 15 is 0 Å². The molecule has 0 radical (unpaired) electrons. The molecule has 0 unspecified atom stereocenters. The first-order valence-corrected chi connectivity index (χ1v) is 7.14. The van der Waals surface area contributed by atoms with Gasteiger partial charge in [-0.3, -0.25) is 4.79 Å². The molecule has 7 heteroatoms. The van der Waals surface area contributed by atoms with Crippen LogP contribution in [0.4, 0.5) is 0 Å².